The lowest BCUT2D eigenvalue weighted by Crippen LogP contribution is -2.44. The summed E-state index contributed by atoms with van der Waals surface area (Å²) in [5, 5.41) is 3.97. The topological polar surface area (TPSA) is 60.6 Å². The van der Waals surface area contributed by atoms with Gasteiger partial charge in [0.25, 0.3) is 0 Å². The summed E-state index contributed by atoms with van der Waals surface area (Å²) in [7, 11) is 0. The van der Waals surface area contributed by atoms with Crippen molar-refractivity contribution < 1.29 is 14.0 Å². The van der Waals surface area contributed by atoms with Crippen molar-refractivity contribution in [1.29, 1.82) is 0 Å². The van der Waals surface area contributed by atoms with E-state index in [2.05, 4.69) is 15.0 Å². The molecule has 2 aliphatic heterocycles. The molecule has 2 fully saturated rings. The molecular weight excluding hydrogens is 258 g/mol. The van der Waals surface area contributed by atoms with E-state index >= 15 is 0 Å². The van der Waals surface area contributed by atoms with Crippen LogP contribution in [-0.4, -0.2) is 46.9 Å². The minimum absolute atomic E-state index is 0.176. The van der Waals surface area contributed by atoms with Gasteiger partial charge in [-0.25, -0.2) is 0 Å². The number of aromatic nitrogens is 2. The molecule has 0 aromatic carbocycles. The van der Waals surface area contributed by atoms with Crippen molar-refractivity contribution >= 4 is 0 Å². The van der Waals surface area contributed by atoms with E-state index in [1.54, 1.807) is 0 Å². The lowest BCUT2D eigenvalue weighted by atomic mass is 9.92. The molecule has 6 nitrogen and oxygen atoms in total. The third kappa shape index (κ3) is 3.19. The van der Waals surface area contributed by atoms with Crippen molar-refractivity contribution in [2.24, 2.45) is 5.92 Å². The number of fused-ring (bicyclic) bond motifs is 1. The number of hydrogen-bond acceptors (Lipinski definition) is 6. The van der Waals surface area contributed by atoms with E-state index in [0.717, 1.165) is 26.3 Å². The van der Waals surface area contributed by atoms with Crippen LogP contribution in [0.25, 0.3) is 0 Å². The van der Waals surface area contributed by atoms with Crippen LogP contribution < -0.4 is 0 Å². The lowest BCUT2D eigenvalue weighted by molar-refractivity contribution is 0.0601. The minimum atomic E-state index is 0.176. The molecule has 3 rings (SSSR count). The van der Waals surface area contributed by atoms with Gasteiger partial charge in [-0.15, -0.1) is 0 Å². The van der Waals surface area contributed by atoms with Gasteiger partial charge in [-0.3, -0.25) is 4.90 Å². The predicted octanol–water partition coefficient (Wildman–Crippen LogP) is 1.61. The van der Waals surface area contributed by atoms with Gasteiger partial charge in [-0.05, 0) is 33.2 Å². The van der Waals surface area contributed by atoms with E-state index in [0.29, 0.717) is 30.3 Å². The van der Waals surface area contributed by atoms with E-state index in [4.69, 9.17) is 14.0 Å². The first kappa shape index (κ1) is 14.0. The van der Waals surface area contributed by atoms with Crippen molar-refractivity contribution in [2.45, 2.75) is 52.0 Å². The summed E-state index contributed by atoms with van der Waals surface area (Å²) in [6.07, 6.45) is 2.68. The van der Waals surface area contributed by atoms with Gasteiger partial charge in [0.2, 0.25) is 5.89 Å². The normalized spacial score (nSPS) is 27.1. The highest BCUT2D eigenvalue weighted by Crippen LogP contribution is 2.29. The molecule has 0 saturated carbocycles. The van der Waals surface area contributed by atoms with Crippen molar-refractivity contribution in [2.75, 3.05) is 19.8 Å². The summed E-state index contributed by atoms with van der Waals surface area (Å²) in [5.74, 6) is 1.99. The SMILES string of the molecule is CC(C)OCc1noc(CN2CCC[C@@H]3COC[C@@H]32)n1. The first-order valence-corrected chi connectivity index (χ1v) is 7.47. The molecule has 0 unspecified atom stereocenters. The summed E-state index contributed by atoms with van der Waals surface area (Å²) in [6, 6.07) is 0.519. The van der Waals surface area contributed by atoms with Gasteiger partial charge in [0.15, 0.2) is 5.82 Å². The second-order valence-electron chi connectivity index (χ2n) is 5.94. The highest BCUT2D eigenvalue weighted by molar-refractivity contribution is 4.91. The highest BCUT2D eigenvalue weighted by Gasteiger charge is 2.36. The quantitative estimate of drug-likeness (QED) is 0.817. The van der Waals surface area contributed by atoms with Crippen LogP contribution in [0.4, 0.5) is 0 Å². The Bertz CT molecular complexity index is 435. The number of piperidine rings is 1. The van der Waals surface area contributed by atoms with Gasteiger partial charge in [0.1, 0.15) is 6.61 Å². The molecule has 2 aliphatic rings. The van der Waals surface area contributed by atoms with Crippen LogP contribution >= 0.6 is 0 Å². The van der Waals surface area contributed by atoms with Crippen LogP contribution in [0.2, 0.25) is 0 Å². The third-order valence-corrected chi connectivity index (χ3v) is 4.05. The van der Waals surface area contributed by atoms with Crippen molar-refractivity contribution in [3.05, 3.63) is 11.7 Å². The van der Waals surface area contributed by atoms with Crippen molar-refractivity contribution in [1.82, 2.24) is 15.0 Å². The molecule has 0 N–H and O–H groups in total. The summed E-state index contributed by atoms with van der Waals surface area (Å²) < 4.78 is 16.4. The molecule has 20 heavy (non-hydrogen) atoms. The number of nitrogens with zero attached hydrogens (tertiary/aromatic N) is 3. The Kier molecular flexibility index (Phi) is 4.33. The zero-order valence-electron chi connectivity index (χ0n) is 12.2. The van der Waals surface area contributed by atoms with Crippen LogP contribution in [-0.2, 0) is 22.6 Å². The molecule has 2 saturated heterocycles. The first-order chi connectivity index (χ1) is 9.72. The zero-order chi connectivity index (χ0) is 13.9. The molecule has 0 spiro atoms. The summed E-state index contributed by atoms with van der Waals surface area (Å²) >= 11 is 0. The summed E-state index contributed by atoms with van der Waals surface area (Å²) in [4.78, 5) is 6.82. The third-order valence-electron chi connectivity index (χ3n) is 4.05. The van der Waals surface area contributed by atoms with Gasteiger partial charge >= 0.3 is 0 Å². The zero-order valence-corrected chi connectivity index (χ0v) is 12.2. The van der Waals surface area contributed by atoms with Crippen LogP contribution in [0.3, 0.4) is 0 Å². The van der Waals surface area contributed by atoms with Gasteiger partial charge in [-0.1, -0.05) is 5.16 Å². The minimum Gasteiger partial charge on any atom is -0.379 e. The van der Waals surface area contributed by atoms with Crippen molar-refractivity contribution in [3.63, 3.8) is 0 Å². The predicted molar refractivity (Wildman–Crippen MR) is 72.0 cm³/mol. The highest BCUT2D eigenvalue weighted by atomic mass is 16.5. The number of hydrogen-bond donors (Lipinski definition) is 0. The standard InChI is InChI=1S/C14H23N3O3/c1-10(2)19-9-13-15-14(20-16-13)6-17-5-3-4-11-7-18-8-12(11)17/h10-12H,3-9H2,1-2H3/t11-,12+/m1/s1. The largest absolute Gasteiger partial charge is 0.379 e. The van der Waals surface area contributed by atoms with Gasteiger partial charge in [-0.2, -0.15) is 4.98 Å². The molecule has 1 aromatic rings. The smallest absolute Gasteiger partial charge is 0.240 e. The maximum Gasteiger partial charge on any atom is 0.240 e. The fraction of sp³-hybridized carbons (Fsp3) is 0.857. The Morgan fingerprint density at radius 1 is 1.40 bits per heavy atom. The number of rotatable bonds is 5. The molecule has 0 amide bonds. The Morgan fingerprint density at radius 2 is 2.30 bits per heavy atom. The van der Waals surface area contributed by atoms with Gasteiger partial charge in [0, 0.05) is 12.0 Å². The summed E-state index contributed by atoms with van der Waals surface area (Å²) in [6.45, 7) is 7.95. The molecule has 0 aliphatic carbocycles. The molecular formula is C14H23N3O3. The van der Waals surface area contributed by atoms with Crippen LogP contribution in [0.1, 0.15) is 38.4 Å². The van der Waals surface area contributed by atoms with Crippen LogP contribution in [0, 0.1) is 5.92 Å². The second kappa shape index (κ2) is 6.20. The molecule has 2 atom stereocenters. The second-order valence-corrected chi connectivity index (χ2v) is 5.94. The number of ether oxygens (including phenoxy) is 2. The van der Waals surface area contributed by atoms with Crippen LogP contribution in [0.15, 0.2) is 4.52 Å². The molecule has 0 bridgehead atoms. The Labute approximate surface area is 119 Å². The maximum absolute atomic E-state index is 5.60. The van der Waals surface area contributed by atoms with E-state index in [-0.39, 0.29) is 6.10 Å². The van der Waals surface area contributed by atoms with E-state index in [1.165, 1.54) is 12.8 Å². The monoisotopic (exact) mass is 281 g/mol. The van der Waals surface area contributed by atoms with E-state index in [9.17, 15) is 0 Å². The fourth-order valence-corrected chi connectivity index (χ4v) is 3.01. The Morgan fingerprint density at radius 3 is 3.15 bits per heavy atom. The average molecular weight is 281 g/mol. The summed E-state index contributed by atoms with van der Waals surface area (Å²) in [5.41, 5.74) is 0. The first-order valence-electron chi connectivity index (χ1n) is 7.47. The van der Waals surface area contributed by atoms with E-state index < -0.39 is 0 Å². The molecule has 112 valence electrons. The van der Waals surface area contributed by atoms with Gasteiger partial charge < -0.3 is 14.0 Å². The molecule has 3 heterocycles. The fourth-order valence-electron chi connectivity index (χ4n) is 3.01. The van der Waals surface area contributed by atoms with Crippen LogP contribution in [0.5, 0.6) is 0 Å². The lowest BCUT2D eigenvalue weighted by Gasteiger charge is -2.35. The Hall–Kier alpha value is -0.980. The number of likely N-dealkylation sites (tertiary alicyclic amines) is 1. The van der Waals surface area contributed by atoms with Crippen molar-refractivity contribution in [3.8, 4) is 0 Å². The average Bonchev–Trinajstić information content (AvgIpc) is 3.05. The molecule has 0 radical (unpaired) electrons. The Balaban J connectivity index is 1.57. The molecule has 6 heteroatoms. The van der Waals surface area contributed by atoms with E-state index in [1.807, 2.05) is 13.8 Å². The van der Waals surface area contributed by atoms with Gasteiger partial charge in [0.05, 0.1) is 25.9 Å². The maximum atomic E-state index is 5.60. The molecule has 1 aromatic heterocycles.